The number of nitrogens with zero attached hydrogens (tertiary/aromatic N) is 1. The molecule has 0 radical (unpaired) electrons. The van der Waals surface area contributed by atoms with Gasteiger partial charge in [-0.2, -0.15) is 0 Å². The van der Waals surface area contributed by atoms with Crippen LogP contribution in [0.2, 0.25) is 0 Å². The van der Waals surface area contributed by atoms with Gasteiger partial charge in [-0.05, 0) is 58.8 Å². The highest BCUT2D eigenvalue weighted by Crippen LogP contribution is 2.15. The van der Waals surface area contributed by atoms with Crippen molar-refractivity contribution in [2.24, 2.45) is 16.8 Å². The van der Waals surface area contributed by atoms with Crippen LogP contribution in [0.15, 0.2) is 4.99 Å². The van der Waals surface area contributed by atoms with Gasteiger partial charge in [0.1, 0.15) is 5.60 Å². The number of alkyl carbamates (subject to hydrolysis) is 1. The number of aliphatic hydroxyl groups is 1. The molecule has 0 aromatic heterocycles. The summed E-state index contributed by atoms with van der Waals surface area (Å²) >= 11 is 0. The first-order valence-electron chi connectivity index (χ1n) is 9.77. The van der Waals surface area contributed by atoms with Gasteiger partial charge in [0.25, 0.3) is 0 Å². The summed E-state index contributed by atoms with van der Waals surface area (Å²) in [7, 11) is 0. The van der Waals surface area contributed by atoms with E-state index in [2.05, 4.69) is 34.8 Å². The Morgan fingerprint density at radius 3 is 2.35 bits per heavy atom. The Hall–Kier alpha value is -1.50. The molecule has 7 heteroatoms. The molecule has 26 heavy (non-hydrogen) atoms. The Bertz CT molecular complexity index is 406. The molecule has 0 aromatic rings. The zero-order valence-corrected chi connectivity index (χ0v) is 17.5. The molecule has 0 aromatic carbocycles. The number of rotatable bonds is 11. The summed E-state index contributed by atoms with van der Waals surface area (Å²) in [5.74, 6) is 1.76. The zero-order chi connectivity index (χ0) is 20.0. The van der Waals surface area contributed by atoms with E-state index in [4.69, 9.17) is 4.74 Å². The minimum atomic E-state index is -0.478. The highest BCUT2D eigenvalue weighted by molar-refractivity contribution is 5.79. The van der Waals surface area contributed by atoms with Crippen molar-refractivity contribution in [3.8, 4) is 0 Å². The maximum atomic E-state index is 11.6. The Kier molecular flexibility index (Phi) is 12.9. The molecule has 7 nitrogen and oxygen atoms in total. The molecule has 1 amide bonds. The average molecular weight is 373 g/mol. The topological polar surface area (TPSA) is 95.0 Å². The Labute approximate surface area is 159 Å². The molecule has 1 atom stereocenters. The molecular weight excluding hydrogens is 332 g/mol. The van der Waals surface area contributed by atoms with Crippen molar-refractivity contribution >= 4 is 12.1 Å². The first-order chi connectivity index (χ1) is 12.2. The summed E-state index contributed by atoms with van der Waals surface area (Å²) in [6, 6.07) is 0. The smallest absolute Gasteiger partial charge is 0.407 e. The van der Waals surface area contributed by atoms with E-state index in [0.29, 0.717) is 31.5 Å². The molecule has 0 rings (SSSR count). The van der Waals surface area contributed by atoms with Crippen LogP contribution in [0.1, 0.15) is 60.8 Å². The number of ether oxygens (including phenoxy) is 1. The molecule has 0 aliphatic rings. The third-order valence-corrected chi connectivity index (χ3v) is 3.51. The van der Waals surface area contributed by atoms with Crippen LogP contribution in [0, 0.1) is 11.8 Å². The van der Waals surface area contributed by atoms with Gasteiger partial charge in [0.05, 0.1) is 0 Å². The van der Waals surface area contributed by atoms with Gasteiger partial charge >= 0.3 is 6.09 Å². The number of hydrogen-bond donors (Lipinski definition) is 4. The fourth-order valence-corrected chi connectivity index (χ4v) is 2.49. The third-order valence-electron chi connectivity index (χ3n) is 3.51. The Balaban J connectivity index is 4.23. The van der Waals surface area contributed by atoms with Gasteiger partial charge in [-0.15, -0.1) is 0 Å². The summed E-state index contributed by atoms with van der Waals surface area (Å²) in [6.07, 6.45) is 2.22. The number of aliphatic hydroxyl groups excluding tert-OH is 1. The maximum absolute atomic E-state index is 11.6. The van der Waals surface area contributed by atoms with E-state index < -0.39 is 11.7 Å². The van der Waals surface area contributed by atoms with Gasteiger partial charge in [0.2, 0.25) is 0 Å². The lowest BCUT2D eigenvalue weighted by atomic mass is 9.94. The number of carbonyl (C=O) groups is 1. The summed E-state index contributed by atoms with van der Waals surface area (Å²) in [6.45, 7) is 14.9. The van der Waals surface area contributed by atoms with Crippen molar-refractivity contribution in [2.75, 3.05) is 32.8 Å². The van der Waals surface area contributed by atoms with Gasteiger partial charge in [-0.1, -0.05) is 13.8 Å². The van der Waals surface area contributed by atoms with Gasteiger partial charge < -0.3 is 25.8 Å². The minimum absolute atomic E-state index is 0.202. The highest BCUT2D eigenvalue weighted by Gasteiger charge is 2.15. The van der Waals surface area contributed by atoms with E-state index in [1.807, 2.05) is 27.7 Å². The molecule has 0 saturated heterocycles. The molecule has 0 spiro atoms. The van der Waals surface area contributed by atoms with E-state index in [1.54, 1.807) is 0 Å². The van der Waals surface area contributed by atoms with Crippen molar-refractivity contribution in [3.05, 3.63) is 0 Å². The molecule has 0 bridgehead atoms. The second-order valence-electron chi connectivity index (χ2n) is 7.94. The van der Waals surface area contributed by atoms with Crippen molar-refractivity contribution in [3.63, 3.8) is 0 Å². The van der Waals surface area contributed by atoms with Crippen LogP contribution in [0.3, 0.4) is 0 Å². The van der Waals surface area contributed by atoms with Crippen LogP contribution < -0.4 is 16.0 Å². The van der Waals surface area contributed by atoms with Gasteiger partial charge in [-0.25, -0.2) is 4.79 Å². The van der Waals surface area contributed by atoms with Gasteiger partial charge in [0, 0.05) is 32.8 Å². The summed E-state index contributed by atoms with van der Waals surface area (Å²) in [5.41, 5.74) is -0.478. The van der Waals surface area contributed by atoms with Crippen molar-refractivity contribution in [2.45, 2.75) is 66.4 Å². The Morgan fingerprint density at radius 2 is 1.81 bits per heavy atom. The molecule has 0 aliphatic carbocycles. The molecule has 0 aliphatic heterocycles. The van der Waals surface area contributed by atoms with Crippen molar-refractivity contribution in [1.82, 2.24) is 16.0 Å². The summed E-state index contributed by atoms with van der Waals surface area (Å²) in [5, 5.41) is 18.5. The average Bonchev–Trinajstić information content (AvgIpc) is 2.49. The van der Waals surface area contributed by atoms with Gasteiger partial charge in [0.15, 0.2) is 5.96 Å². The molecule has 0 saturated carbocycles. The first-order valence-corrected chi connectivity index (χ1v) is 9.77. The third kappa shape index (κ3) is 14.8. The molecule has 1 unspecified atom stereocenters. The fourth-order valence-electron chi connectivity index (χ4n) is 2.49. The van der Waals surface area contributed by atoms with E-state index in [-0.39, 0.29) is 6.61 Å². The normalized spacial score (nSPS) is 13.5. The van der Waals surface area contributed by atoms with Crippen LogP contribution >= 0.6 is 0 Å². The van der Waals surface area contributed by atoms with Crippen LogP contribution in [0.5, 0.6) is 0 Å². The number of guanidine groups is 1. The predicted molar refractivity (Wildman–Crippen MR) is 107 cm³/mol. The number of carbonyl (C=O) groups excluding carboxylic acids is 1. The second kappa shape index (κ2) is 13.7. The molecular formula is C19H40N4O3. The van der Waals surface area contributed by atoms with Crippen LogP contribution in [0.4, 0.5) is 4.79 Å². The van der Waals surface area contributed by atoms with E-state index in [1.165, 1.54) is 0 Å². The predicted octanol–water partition coefficient (Wildman–Crippen LogP) is 2.50. The van der Waals surface area contributed by atoms with E-state index >= 15 is 0 Å². The van der Waals surface area contributed by atoms with Gasteiger partial charge in [-0.3, -0.25) is 4.99 Å². The molecule has 0 heterocycles. The van der Waals surface area contributed by atoms with Crippen molar-refractivity contribution < 1.29 is 14.6 Å². The van der Waals surface area contributed by atoms with Crippen molar-refractivity contribution in [1.29, 1.82) is 0 Å². The fraction of sp³-hybridized carbons (Fsp3) is 0.895. The lowest BCUT2D eigenvalue weighted by Gasteiger charge is -2.20. The standard InChI is InChI=1S/C19H40N4O3/c1-7-20-17(23-14-16(9-12-24)13-15(2)3)21-10-8-11-22-18(25)26-19(4,5)6/h15-16,24H,7-14H2,1-6H3,(H,22,25)(H2,20,21,23). The molecule has 154 valence electrons. The Morgan fingerprint density at radius 1 is 1.15 bits per heavy atom. The lowest BCUT2D eigenvalue weighted by molar-refractivity contribution is 0.0527. The molecule has 4 N–H and O–H groups in total. The largest absolute Gasteiger partial charge is 0.444 e. The molecule has 0 fully saturated rings. The van der Waals surface area contributed by atoms with E-state index in [9.17, 15) is 9.90 Å². The number of aliphatic imine (C=N–C) groups is 1. The summed E-state index contributed by atoms with van der Waals surface area (Å²) < 4.78 is 5.20. The number of nitrogens with one attached hydrogen (secondary N) is 3. The SMILES string of the molecule is CCNC(=NCC(CCO)CC(C)C)NCCCNC(=O)OC(C)(C)C. The summed E-state index contributed by atoms with van der Waals surface area (Å²) in [4.78, 5) is 16.2. The lowest BCUT2D eigenvalue weighted by Crippen LogP contribution is -2.39. The van der Waals surface area contributed by atoms with E-state index in [0.717, 1.165) is 31.8 Å². The minimum Gasteiger partial charge on any atom is -0.444 e. The van der Waals surface area contributed by atoms with Crippen LogP contribution in [0.25, 0.3) is 0 Å². The zero-order valence-electron chi connectivity index (χ0n) is 17.5. The number of amides is 1. The first kappa shape index (κ1) is 24.5. The highest BCUT2D eigenvalue weighted by atomic mass is 16.6. The maximum Gasteiger partial charge on any atom is 0.407 e. The second-order valence-corrected chi connectivity index (χ2v) is 7.94. The van der Waals surface area contributed by atoms with Crippen LogP contribution in [-0.4, -0.2) is 55.5 Å². The number of hydrogen-bond acceptors (Lipinski definition) is 4. The monoisotopic (exact) mass is 372 g/mol. The quantitative estimate of drug-likeness (QED) is 0.254. The van der Waals surface area contributed by atoms with Crippen LogP contribution in [-0.2, 0) is 4.74 Å².